The number of hydrogen-bond donors (Lipinski definition) is 1. The Morgan fingerprint density at radius 1 is 1.00 bits per heavy atom. The Kier molecular flexibility index (Phi) is 10.9. The van der Waals surface area contributed by atoms with Crippen LogP contribution in [0.2, 0.25) is 0 Å². The zero-order chi connectivity index (χ0) is 26.0. The van der Waals surface area contributed by atoms with Crippen molar-refractivity contribution in [3.8, 4) is 11.5 Å². The van der Waals surface area contributed by atoms with Gasteiger partial charge in [0, 0.05) is 30.6 Å². The first-order valence-electron chi connectivity index (χ1n) is 11.7. The number of thiophene rings is 1. The molecule has 0 saturated heterocycles. The Labute approximate surface area is 213 Å². The molecule has 0 spiro atoms. The van der Waals surface area contributed by atoms with Crippen LogP contribution in [-0.4, -0.2) is 74.8 Å². The second-order valence-corrected chi connectivity index (χ2v) is 10.4. The summed E-state index contributed by atoms with van der Waals surface area (Å²) in [4.78, 5) is 30.8. The van der Waals surface area contributed by atoms with E-state index in [0.29, 0.717) is 44.2 Å². The van der Waals surface area contributed by atoms with E-state index in [1.54, 1.807) is 32.7 Å². The molecule has 8 nitrogen and oxygen atoms in total. The first-order chi connectivity index (χ1) is 16.6. The second-order valence-electron chi connectivity index (χ2n) is 9.38. The second kappa shape index (κ2) is 13.3. The molecule has 1 aromatic carbocycles. The number of amides is 3. The number of methoxy groups -OCH3 is 3. The maximum Gasteiger partial charge on any atom is 0.318 e. The summed E-state index contributed by atoms with van der Waals surface area (Å²) < 4.78 is 15.9. The molecule has 1 aromatic heterocycles. The third kappa shape index (κ3) is 9.07. The number of aryl methyl sites for hydroxylation is 1. The summed E-state index contributed by atoms with van der Waals surface area (Å²) in [5, 5.41) is 4.98. The van der Waals surface area contributed by atoms with Crippen LogP contribution in [0.15, 0.2) is 29.6 Å². The van der Waals surface area contributed by atoms with Crippen molar-refractivity contribution >= 4 is 23.3 Å². The van der Waals surface area contributed by atoms with E-state index in [0.717, 1.165) is 16.0 Å². The topological polar surface area (TPSA) is 80.3 Å². The van der Waals surface area contributed by atoms with Gasteiger partial charge in [-0.15, -0.1) is 11.3 Å². The van der Waals surface area contributed by atoms with Crippen LogP contribution in [-0.2, 0) is 22.5 Å². The predicted molar refractivity (Wildman–Crippen MR) is 139 cm³/mol. The summed E-state index contributed by atoms with van der Waals surface area (Å²) >= 11 is 1.63. The van der Waals surface area contributed by atoms with E-state index >= 15 is 0 Å². The van der Waals surface area contributed by atoms with Gasteiger partial charge in [0.15, 0.2) is 11.5 Å². The molecular formula is C26H39N3O5S. The number of nitrogens with one attached hydrogen (secondary N) is 1. The quantitative estimate of drug-likeness (QED) is 0.470. The van der Waals surface area contributed by atoms with Crippen molar-refractivity contribution in [1.29, 1.82) is 0 Å². The van der Waals surface area contributed by atoms with Crippen molar-refractivity contribution in [3.63, 3.8) is 0 Å². The molecular weight excluding hydrogens is 466 g/mol. The van der Waals surface area contributed by atoms with E-state index in [-0.39, 0.29) is 18.5 Å². The highest BCUT2D eigenvalue weighted by Gasteiger charge is 2.25. The van der Waals surface area contributed by atoms with Gasteiger partial charge in [-0.2, -0.15) is 0 Å². The van der Waals surface area contributed by atoms with Gasteiger partial charge in [-0.1, -0.05) is 6.07 Å². The SMILES string of the molecule is COCCN(CC(=O)N(CCc1ccc(OC)c(OC)c1)Cc1sccc1C)C(=O)NC(C)(C)C. The van der Waals surface area contributed by atoms with Crippen LogP contribution in [0.4, 0.5) is 4.79 Å². The number of benzene rings is 1. The number of urea groups is 1. The average Bonchev–Trinajstić information content (AvgIpc) is 3.21. The molecule has 0 aliphatic rings. The smallest absolute Gasteiger partial charge is 0.318 e. The van der Waals surface area contributed by atoms with Crippen LogP contribution in [0.5, 0.6) is 11.5 Å². The van der Waals surface area contributed by atoms with E-state index in [1.807, 2.05) is 56.2 Å². The predicted octanol–water partition coefficient (Wildman–Crippen LogP) is 4.10. The van der Waals surface area contributed by atoms with Crippen LogP contribution in [0.25, 0.3) is 0 Å². The van der Waals surface area contributed by atoms with Gasteiger partial charge in [0.05, 0.1) is 27.4 Å². The Hall–Kier alpha value is -2.78. The molecule has 3 amide bonds. The maximum absolute atomic E-state index is 13.5. The van der Waals surface area contributed by atoms with E-state index < -0.39 is 5.54 Å². The Morgan fingerprint density at radius 2 is 1.71 bits per heavy atom. The minimum atomic E-state index is -0.410. The molecule has 0 fully saturated rings. The lowest BCUT2D eigenvalue weighted by molar-refractivity contribution is -0.132. The molecule has 0 saturated carbocycles. The fourth-order valence-electron chi connectivity index (χ4n) is 3.45. The molecule has 2 aromatic rings. The van der Waals surface area contributed by atoms with E-state index in [4.69, 9.17) is 14.2 Å². The standard InChI is InChI=1S/C26H39N3O5S/c1-19-11-15-35-23(19)17-28(12-10-20-8-9-21(33-6)22(16-20)34-7)24(30)18-29(13-14-32-5)25(31)27-26(2,3)4/h8-9,11,15-16H,10,12-14,17-18H2,1-7H3,(H,27,31). The van der Waals surface area contributed by atoms with Gasteiger partial charge in [0.1, 0.15) is 6.54 Å². The molecule has 0 aliphatic heterocycles. The molecule has 2 rings (SSSR count). The molecule has 9 heteroatoms. The number of carbonyl (C=O) groups is 2. The molecule has 1 N–H and O–H groups in total. The Bertz CT molecular complexity index is 970. The minimum absolute atomic E-state index is 0.0262. The summed E-state index contributed by atoms with van der Waals surface area (Å²) in [7, 11) is 4.79. The van der Waals surface area contributed by atoms with Crippen molar-refractivity contribution in [3.05, 3.63) is 45.6 Å². The van der Waals surface area contributed by atoms with Crippen molar-refractivity contribution in [1.82, 2.24) is 15.1 Å². The molecule has 0 aliphatic carbocycles. The lowest BCUT2D eigenvalue weighted by Gasteiger charge is -2.30. The molecule has 35 heavy (non-hydrogen) atoms. The first-order valence-corrected chi connectivity index (χ1v) is 12.5. The van der Waals surface area contributed by atoms with Gasteiger partial charge in [-0.3, -0.25) is 4.79 Å². The van der Waals surface area contributed by atoms with E-state index in [9.17, 15) is 9.59 Å². The van der Waals surface area contributed by atoms with Gasteiger partial charge in [0.2, 0.25) is 5.91 Å². The highest BCUT2D eigenvalue weighted by molar-refractivity contribution is 7.10. The van der Waals surface area contributed by atoms with Crippen LogP contribution in [0.3, 0.4) is 0 Å². The van der Waals surface area contributed by atoms with Crippen LogP contribution >= 0.6 is 11.3 Å². The molecule has 1 heterocycles. The van der Waals surface area contributed by atoms with Crippen LogP contribution < -0.4 is 14.8 Å². The molecule has 0 radical (unpaired) electrons. The summed E-state index contributed by atoms with van der Waals surface area (Å²) in [6, 6.07) is 7.54. The number of ether oxygens (including phenoxy) is 3. The highest BCUT2D eigenvalue weighted by atomic mass is 32.1. The van der Waals surface area contributed by atoms with Crippen molar-refractivity contribution in [2.24, 2.45) is 0 Å². The Balaban J connectivity index is 2.20. The normalized spacial score (nSPS) is 11.2. The highest BCUT2D eigenvalue weighted by Crippen LogP contribution is 2.28. The fourth-order valence-corrected chi connectivity index (χ4v) is 4.37. The molecule has 0 atom stereocenters. The number of rotatable bonds is 12. The number of hydrogen-bond acceptors (Lipinski definition) is 6. The minimum Gasteiger partial charge on any atom is -0.493 e. The Morgan fingerprint density at radius 3 is 2.29 bits per heavy atom. The number of carbonyl (C=O) groups excluding carboxylic acids is 2. The van der Waals surface area contributed by atoms with Crippen molar-refractivity contribution < 1.29 is 23.8 Å². The van der Waals surface area contributed by atoms with Gasteiger partial charge in [-0.25, -0.2) is 4.79 Å². The average molecular weight is 506 g/mol. The van der Waals surface area contributed by atoms with Crippen LogP contribution in [0, 0.1) is 6.92 Å². The zero-order valence-electron chi connectivity index (χ0n) is 22.0. The summed E-state index contributed by atoms with van der Waals surface area (Å²) in [6.45, 7) is 9.43. The zero-order valence-corrected chi connectivity index (χ0v) is 22.8. The third-order valence-corrected chi connectivity index (χ3v) is 6.44. The van der Waals surface area contributed by atoms with Gasteiger partial charge >= 0.3 is 6.03 Å². The lowest BCUT2D eigenvalue weighted by atomic mass is 10.1. The maximum atomic E-state index is 13.5. The largest absolute Gasteiger partial charge is 0.493 e. The van der Waals surface area contributed by atoms with Crippen molar-refractivity contribution in [2.45, 2.75) is 46.2 Å². The van der Waals surface area contributed by atoms with Gasteiger partial charge in [-0.05, 0) is 68.8 Å². The summed E-state index contributed by atoms with van der Waals surface area (Å²) in [5.74, 6) is 1.21. The fraction of sp³-hybridized carbons (Fsp3) is 0.538. The monoisotopic (exact) mass is 505 g/mol. The van der Waals surface area contributed by atoms with Crippen LogP contribution in [0.1, 0.15) is 36.8 Å². The molecule has 0 unspecified atom stereocenters. The number of nitrogens with zero attached hydrogens (tertiary/aromatic N) is 2. The summed E-state index contributed by atoms with van der Waals surface area (Å²) in [6.07, 6.45) is 0.642. The summed E-state index contributed by atoms with van der Waals surface area (Å²) in [5.41, 5.74) is 1.78. The van der Waals surface area contributed by atoms with E-state index in [1.165, 1.54) is 4.90 Å². The van der Waals surface area contributed by atoms with E-state index in [2.05, 4.69) is 11.4 Å². The molecule has 194 valence electrons. The first kappa shape index (κ1) is 28.5. The molecule has 0 bridgehead atoms. The lowest BCUT2D eigenvalue weighted by Crippen LogP contribution is -2.52. The third-order valence-electron chi connectivity index (χ3n) is 5.43. The van der Waals surface area contributed by atoms with Gasteiger partial charge in [0.25, 0.3) is 0 Å². The van der Waals surface area contributed by atoms with Crippen molar-refractivity contribution in [2.75, 3.05) is 47.6 Å². The van der Waals surface area contributed by atoms with Gasteiger partial charge < -0.3 is 29.3 Å².